The molecule has 11 rings (SSSR count). The Balaban J connectivity index is 1.09. The van der Waals surface area contributed by atoms with Gasteiger partial charge in [-0.3, -0.25) is 0 Å². The highest BCUT2D eigenvalue weighted by Crippen LogP contribution is 2.51. The van der Waals surface area contributed by atoms with Crippen LogP contribution in [0.15, 0.2) is 173 Å². The molecule has 246 valence electrons. The molecule has 2 heterocycles. The monoisotopic (exact) mass is 667 g/mol. The zero-order valence-corrected chi connectivity index (χ0v) is 28.9. The highest BCUT2D eigenvalue weighted by atomic mass is 16.3. The second-order valence-corrected chi connectivity index (χ2v) is 14.5. The zero-order chi connectivity index (χ0) is 34.6. The SMILES string of the molecule is CC1(C)c2ccccc2-c2ccc(N(c3ccccc3)c3ccc4c(c3)oc3c5ccccc5c(-c5ccc6c(c5)oc5ccccc56)cc43)cc21. The van der Waals surface area contributed by atoms with Gasteiger partial charge in [0.1, 0.15) is 22.3 Å². The summed E-state index contributed by atoms with van der Waals surface area (Å²) in [5.74, 6) is 0. The van der Waals surface area contributed by atoms with Gasteiger partial charge in [0.05, 0.1) is 0 Å². The van der Waals surface area contributed by atoms with Crippen molar-refractivity contribution >= 4 is 71.7 Å². The third-order valence-electron chi connectivity index (χ3n) is 11.3. The number of hydrogen-bond acceptors (Lipinski definition) is 3. The van der Waals surface area contributed by atoms with Gasteiger partial charge < -0.3 is 13.7 Å². The second-order valence-electron chi connectivity index (χ2n) is 14.5. The summed E-state index contributed by atoms with van der Waals surface area (Å²) in [7, 11) is 0. The number of anilines is 3. The average molecular weight is 668 g/mol. The van der Waals surface area contributed by atoms with Crippen LogP contribution < -0.4 is 4.90 Å². The number of nitrogens with zero attached hydrogens (tertiary/aromatic N) is 1. The Morgan fingerprint density at radius 1 is 0.385 bits per heavy atom. The molecule has 0 atom stereocenters. The van der Waals surface area contributed by atoms with Crippen molar-refractivity contribution in [3.05, 3.63) is 175 Å². The molecule has 3 nitrogen and oxygen atoms in total. The van der Waals surface area contributed by atoms with E-state index in [0.717, 1.165) is 82.8 Å². The molecule has 0 aliphatic heterocycles. The molecule has 3 heteroatoms. The number of hydrogen-bond donors (Lipinski definition) is 0. The van der Waals surface area contributed by atoms with Gasteiger partial charge >= 0.3 is 0 Å². The van der Waals surface area contributed by atoms with E-state index in [1.54, 1.807) is 0 Å². The van der Waals surface area contributed by atoms with Crippen molar-refractivity contribution in [3.8, 4) is 22.3 Å². The van der Waals surface area contributed by atoms with Crippen LogP contribution in [0.25, 0.3) is 76.9 Å². The van der Waals surface area contributed by atoms with Crippen LogP contribution in [-0.4, -0.2) is 0 Å². The first-order valence-corrected chi connectivity index (χ1v) is 17.9. The fraction of sp³-hybridized carbons (Fsp3) is 0.0612. The molecule has 0 N–H and O–H groups in total. The van der Waals surface area contributed by atoms with E-state index in [1.807, 2.05) is 12.1 Å². The van der Waals surface area contributed by atoms with Crippen LogP contribution in [0.3, 0.4) is 0 Å². The van der Waals surface area contributed by atoms with Crippen molar-refractivity contribution in [2.24, 2.45) is 0 Å². The second kappa shape index (κ2) is 10.7. The minimum Gasteiger partial charge on any atom is -0.456 e. The van der Waals surface area contributed by atoms with E-state index in [9.17, 15) is 0 Å². The fourth-order valence-electron chi connectivity index (χ4n) is 8.71. The molecule has 0 bridgehead atoms. The number of rotatable bonds is 4. The molecular formula is C49H33NO2. The smallest absolute Gasteiger partial charge is 0.143 e. The maximum absolute atomic E-state index is 6.83. The zero-order valence-electron chi connectivity index (χ0n) is 28.9. The van der Waals surface area contributed by atoms with Crippen molar-refractivity contribution in [2.45, 2.75) is 19.3 Å². The minimum absolute atomic E-state index is 0.0965. The lowest BCUT2D eigenvalue weighted by Gasteiger charge is -2.28. The molecule has 52 heavy (non-hydrogen) atoms. The third kappa shape index (κ3) is 4.14. The Bertz CT molecular complexity index is 3050. The predicted octanol–water partition coefficient (Wildman–Crippen LogP) is 14.1. The van der Waals surface area contributed by atoms with Gasteiger partial charge in [-0.15, -0.1) is 0 Å². The molecule has 10 aromatic rings. The van der Waals surface area contributed by atoms with E-state index < -0.39 is 0 Å². The maximum atomic E-state index is 6.83. The third-order valence-corrected chi connectivity index (χ3v) is 11.3. The van der Waals surface area contributed by atoms with Crippen LogP contribution in [0.1, 0.15) is 25.0 Å². The van der Waals surface area contributed by atoms with Gasteiger partial charge in [0.15, 0.2) is 0 Å². The Kier molecular flexibility index (Phi) is 6.01. The summed E-state index contributed by atoms with van der Waals surface area (Å²) in [6, 6.07) is 58.7. The van der Waals surface area contributed by atoms with E-state index >= 15 is 0 Å². The van der Waals surface area contributed by atoms with E-state index in [0.29, 0.717) is 0 Å². The van der Waals surface area contributed by atoms with Crippen LogP contribution in [0.4, 0.5) is 17.1 Å². The lowest BCUT2D eigenvalue weighted by molar-refractivity contribution is 0.660. The molecular weight excluding hydrogens is 635 g/mol. The van der Waals surface area contributed by atoms with E-state index in [4.69, 9.17) is 8.83 Å². The average Bonchev–Trinajstić information content (AvgIpc) is 3.82. The first-order valence-electron chi connectivity index (χ1n) is 17.9. The number of para-hydroxylation sites is 2. The molecule has 1 aliphatic rings. The quantitative estimate of drug-likeness (QED) is 0.187. The van der Waals surface area contributed by atoms with Gasteiger partial charge in [-0.1, -0.05) is 111 Å². The summed E-state index contributed by atoms with van der Waals surface area (Å²) < 4.78 is 13.1. The van der Waals surface area contributed by atoms with Crippen molar-refractivity contribution < 1.29 is 8.83 Å². The van der Waals surface area contributed by atoms with Crippen LogP contribution in [0, 0.1) is 0 Å². The predicted molar refractivity (Wildman–Crippen MR) is 216 cm³/mol. The lowest BCUT2D eigenvalue weighted by Crippen LogP contribution is -2.16. The van der Waals surface area contributed by atoms with Crippen molar-refractivity contribution in [2.75, 3.05) is 4.90 Å². The highest BCUT2D eigenvalue weighted by molar-refractivity contribution is 6.20. The molecule has 0 spiro atoms. The van der Waals surface area contributed by atoms with Gasteiger partial charge in [-0.05, 0) is 99.4 Å². The van der Waals surface area contributed by atoms with Gasteiger partial charge in [-0.25, -0.2) is 0 Å². The molecule has 2 aromatic heterocycles. The molecule has 0 radical (unpaired) electrons. The number of benzene rings is 8. The Morgan fingerprint density at radius 3 is 1.90 bits per heavy atom. The summed E-state index contributed by atoms with van der Waals surface area (Å²) in [5, 5.41) is 6.71. The Morgan fingerprint density at radius 2 is 1.02 bits per heavy atom. The van der Waals surface area contributed by atoms with Crippen LogP contribution in [0.2, 0.25) is 0 Å². The molecule has 8 aromatic carbocycles. The molecule has 1 aliphatic carbocycles. The van der Waals surface area contributed by atoms with Crippen molar-refractivity contribution in [3.63, 3.8) is 0 Å². The minimum atomic E-state index is -0.0965. The summed E-state index contributed by atoms with van der Waals surface area (Å²) in [5.41, 5.74) is 14.4. The highest BCUT2D eigenvalue weighted by Gasteiger charge is 2.35. The van der Waals surface area contributed by atoms with Gasteiger partial charge in [0.2, 0.25) is 0 Å². The Labute approximate surface area is 301 Å². The van der Waals surface area contributed by atoms with Crippen molar-refractivity contribution in [1.82, 2.24) is 0 Å². The number of furan rings is 2. The standard InChI is InChI=1S/C49H33NO2/c1-49(2)43-18-10-8-15-35(43)36-24-21-32(27-44(36)49)50(31-12-4-3-5-13-31)33-22-25-39-42-29-41(34-14-6-7-17-40(34)48(42)52-47(39)28-33)30-20-23-38-37-16-9-11-19-45(37)51-46(38)26-30/h3-29H,1-2H3. The number of fused-ring (bicyclic) bond motifs is 11. The van der Waals surface area contributed by atoms with E-state index in [-0.39, 0.29) is 5.41 Å². The topological polar surface area (TPSA) is 29.5 Å². The van der Waals surface area contributed by atoms with Gasteiger partial charge in [0.25, 0.3) is 0 Å². The summed E-state index contributed by atoms with van der Waals surface area (Å²) in [4.78, 5) is 2.35. The lowest BCUT2D eigenvalue weighted by atomic mass is 9.82. The fourth-order valence-corrected chi connectivity index (χ4v) is 8.71. The summed E-state index contributed by atoms with van der Waals surface area (Å²) in [6.45, 7) is 4.67. The largest absolute Gasteiger partial charge is 0.456 e. The molecule has 0 unspecified atom stereocenters. The molecule has 0 fully saturated rings. The van der Waals surface area contributed by atoms with Gasteiger partial charge in [0, 0.05) is 55.5 Å². The molecule has 0 saturated carbocycles. The van der Waals surface area contributed by atoms with Crippen molar-refractivity contribution in [1.29, 1.82) is 0 Å². The van der Waals surface area contributed by atoms with Gasteiger partial charge in [-0.2, -0.15) is 0 Å². The van der Waals surface area contributed by atoms with Crippen LogP contribution in [0.5, 0.6) is 0 Å². The maximum Gasteiger partial charge on any atom is 0.143 e. The first-order chi connectivity index (χ1) is 25.5. The Hall–Kier alpha value is -6.58. The molecule has 0 saturated heterocycles. The van der Waals surface area contributed by atoms with E-state index in [1.165, 1.54) is 22.3 Å². The van der Waals surface area contributed by atoms with Crippen LogP contribution >= 0.6 is 0 Å². The van der Waals surface area contributed by atoms with Crippen LogP contribution in [-0.2, 0) is 5.41 Å². The van der Waals surface area contributed by atoms with E-state index in [2.05, 4.69) is 170 Å². The molecule has 0 amide bonds. The summed E-state index contributed by atoms with van der Waals surface area (Å²) in [6.07, 6.45) is 0. The summed E-state index contributed by atoms with van der Waals surface area (Å²) >= 11 is 0. The first kappa shape index (κ1) is 29.2. The normalized spacial score (nSPS) is 13.3.